The van der Waals surface area contributed by atoms with Crippen LogP contribution in [0.15, 0.2) is 48.5 Å². The number of carbonyl (C=O) groups excluding carboxylic acids is 1. The summed E-state index contributed by atoms with van der Waals surface area (Å²) >= 11 is 2.22. The first-order valence-corrected chi connectivity index (χ1v) is 6.28. The molecule has 0 saturated carbocycles. The summed E-state index contributed by atoms with van der Waals surface area (Å²) in [5.41, 5.74) is 0.661. The second-order valence-electron chi connectivity index (χ2n) is 3.62. The molecule has 0 unspecified atom stereocenters. The number of benzene rings is 2. The van der Waals surface area contributed by atoms with Crippen molar-refractivity contribution in [1.29, 1.82) is 0 Å². The van der Waals surface area contributed by atoms with Crippen LogP contribution in [0.3, 0.4) is 0 Å². The monoisotopic (exact) mass is 338 g/mol. The van der Waals surface area contributed by atoms with Crippen LogP contribution in [0, 0.1) is 3.57 Å². The Kier molecular flexibility index (Phi) is 3.78. The fraction of sp³-hybridized carbons (Fsp3) is 0.0714. The normalized spacial score (nSPS) is 10.0. The fourth-order valence-electron chi connectivity index (χ4n) is 1.43. The molecule has 2 aromatic rings. The second kappa shape index (κ2) is 5.31. The van der Waals surface area contributed by atoms with Crippen LogP contribution in [0.4, 0.5) is 0 Å². The van der Waals surface area contributed by atoms with Crippen molar-refractivity contribution < 1.29 is 9.53 Å². The van der Waals surface area contributed by atoms with Crippen LogP contribution in [-0.4, -0.2) is 5.78 Å². The zero-order valence-corrected chi connectivity index (χ0v) is 11.5. The summed E-state index contributed by atoms with van der Waals surface area (Å²) in [4.78, 5) is 11.3. The minimum Gasteiger partial charge on any atom is -0.456 e. The summed E-state index contributed by atoms with van der Waals surface area (Å²) in [6.45, 7) is 1.55. The molecule has 0 N–H and O–H groups in total. The maximum atomic E-state index is 11.3. The van der Waals surface area contributed by atoms with Gasteiger partial charge in [0.15, 0.2) is 5.78 Å². The van der Waals surface area contributed by atoms with Crippen molar-refractivity contribution in [2.75, 3.05) is 0 Å². The summed E-state index contributed by atoms with van der Waals surface area (Å²) in [5, 5.41) is 0. The lowest BCUT2D eigenvalue weighted by Crippen LogP contribution is -1.93. The molecular formula is C14H11IO2. The summed E-state index contributed by atoms with van der Waals surface area (Å²) < 4.78 is 6.78. The molecule has 0 bridgehead atoms. The number of hydrogen-bond donors (Lipinski definition) is 0. The van der Waals surface area contributed by atoms with Crippen molar-refractivity contribution in [2.45, 2.75) is 6.92 Å². The summed E-state index contributed by atoms with van der Waals surface area (Å²) in [6, 6.07) is 15.0. The van der Waals surface area contributed by atoms with Gasteiger partial charge in [-0.05, 0) is 53.8 Å². The molecule has 0 amide bonds. The standard InChI is InChI=1S/C14H11IO2/c1-10(16)11-5-4-6-12(9-11)17-14-8-3-2-7-13(14)15/h2-9H,1H3. The highest BCUT2D eigenvalue weighted by molar-refractivity contribution is 14.1. The second-order valence-corrected chi connectivity index (χ2v) is 4.78. The van der Waals surface area contributed by atoms with Crippen LogP contribution < -0.4 is 4.74 Å². The molecule has 0 radical (unpaired) electrons. The number of rotatable bonds is 3. The number of carbonyl (C=O) groups is 1. The average Bonchev–Trinajstić information content (AvgIpc) is 2.32. The third-order valence-corrected chi connectivity index (χ3v) is 3.20. The maximum absolute atomic E-state index is 11.3. The Morgan fingerprint density at radius 2 is 1.88 bits per heavy atom. The molecule has 0 atom stereocenters. The Morgan fingerprint density at radius 3 is 2.59 bits per heavy atom. The van der Waals surface area contributed by atoms with Crippen LogP contribution in [0.1, 0.15) is 17.3 Å². The molecule has 86 valence electrons. The molecule has 0 aromatic heterocycles. The largest absolute Gasteiger partial charge is 0.456 e. The Balaban J connectivity index is 2.28. The molecule has 0 aliphatic heterocycles. The van der Waals surface area contributed by atoms with Crippen LogP contribution in [0.2, 0.25) is 0 Å². The molecule has 2 aromatic carbocycles. The first-order valence-electron chi connectivity index (χ1n) is 5.20. The van der Waals surface area contributed by atoms with Gasteiger partial charge in [0.25, 0.3) is 0 Å². The smallest absolute Gasteiger partial charge is 0.159 e. The van der Waals surface area contributed by atoms with Gasteiger partial charge in [0, 0.05) is 5.56 Å². The van der Waals surface area contributed by atoms with Gasteiger partial charge in [-0.15, -0.1) is 0 Å². The highest BCUT2D eigenvalue weighted by atomic mass is 127. The molecule has 0 spiro atoms. The van der Waals surface area contributed by atoms with E-state index in [4.69, 9.17) is 4.74 Å². The van der Waals surface area contributed by atoms with Crippen molar-refractivity contribution in [3.05, 3.63) is 57.7 Å². The highest BCUT2D eigenvalue weighted by Gasteiger charge is 2.04. The number of ether oxygens (including phenoxy) is 1. The molecule has 0 heterocycles. The van der Waals surface area contributed by atoms with Crippen LogP contribution in [-0.2, 0) is 0 Å². The lowest BCUT2D eigenvalue weighted by Gasteiger charge is -2.08. The van der Waals surface area contributed by atoms with Gasteiger partial charge in [-0.25, -0.2) is 0 Å². The predicted molar refractivity (Wildman–Crippen MR) is 75.7 cm³/mol. The van der Waals surface area contributed by atoms with E-state index in [0.29, 0.717) is 11.3 Å². The minimum atomic E-state index is 0.0400. The molecule has 0 aliphatic carbocycles. The first-order chi connectivity index (χ1) is 8.16. The molecule has 3 heteroatoms. The molecule has 2 nitrogen and oxygen atoms in total. The van der Waals surface area contributed by atoms with Gasteiger partial charge in [-0.3, -0.25) is 4.79 Å². The lowest BCUT2D eigenvalue weighted by molar-refractivity contribution is 0.101. The molecule has 0 aliphatic rings. The van der Waals surface area contributed by atoms with E-state index >= 15 is 0 Å². The Hall–Kier alpha value is -1.36. The van der Waals surface area contributed by atoms with Crippen LogP contribution in [0.5, 0.6) is 11.5 Å². The molecular weight excluding hydrogens is 327 g/mol. The molecule has 17 heavy (non-hydrogen) atoms. The number of hydrogen-bond acceptors (Lipinski definition) is 2. The van der Waals surface area contributed by atoms with Gasteiger partial charge < -0.3 is 4.74 Å². The SMILES string of the molecule is CC(=O)c1cccc(Oc2ccccc2I)c1. The van der Waals surface area contributed by atoms with Crippen LogP contribution >= 0.6 is 22.6 Å². The number of para-hydroxylation sites is 1. The predicted octanol–water partition coefficient (Wildman–Crippen LogP) is 4.29. The fourth-order valence-corrected chi connectivity index (χ4v) is 1.93. The molecule has 0 saturated heterocycles. The number of ketones is 1. The van der Waals surface area contributed by atoms with Crippen molar-refractivity contribution in [3.8, 4) is 11.5 Å². The van der Waals surface area contributed by atoms with E-state index in [0.717, 1.165) is 9.32 Å². The highest BCUT2D eigenvalue weighted by Crippen LogP contribution is 2.26. The van der Waals surface area contributed by atoms with Gasteiger partial charge in [0.1, 0.15) is 11.5 Å². The molecule has 2 rings (SSSR count). The van der Waals surface area contributed by atoms with E-state index in [1.807, 2.05) is 36.4 Å². The minimum absolute atomic E-state index is 0.0400. The third kappa shape index (κ3) is 3.06. The Bertz CT molecular complexity index is 549. The summed E-state index contributed by atoms with van der Waals surface area (Å²) in [7, 11) is 0. The Morgan fingerprint density at radius 1 is 1.12 bits per heavy atom. The van der Waals surface area contributed by atoms with Gasteiger partial charge in [0.2, 0.25) is 0 Å². The van der Waals surface area contributed by atoms with Crippen molar-refractivity contribution in [1.82, 2.24) is 0 Å². The van der Waals surface area contributed by atoms with Gasteiger partial charge >= 0.3 is 0 Å². The van der Waals surface area contributed by atoms with Crippen molar-refractivity contribution in [2.24, 2.45) is 0 Å². The van der Waals surface area contributed by atoms with E-state index in [-0.39, 0.29) is 5.78 Å². The van der Waals surface area contributed by atoms with E-state index in [9.17, 15) is 4.79 Å². The quantitative estimate of drug-likeness (QED) is 0.617. The van der Waals surface area contributed by atoms with E-state index in [1.165, 1.54) is 0 Å². The maximum Gasteiger partial charge on any atom is 0.159 e. The van der Waals surface area contributed by atoms with E-state index in [2.05, 4.69) is 22.6 Å². The zero-order chi connectivity index (χ0) is 12.3. The van der Waals surface area contributed by atoms with E-state index in [1.54, 1.807) is 19.1 Å². The molecule has 0 fully saturated rings. The van der Waals surface area contributed by atoms with Gasteiger partial charge in [0.05, 0.1) is 3.57 Å². The van der Waals surface area contributed by atoms with Crippen molar-refractivity contribution >= 4 is 28.4 Å². The zero-order valence-electron chi connectivity index (χ0n) is 9.31. The first kappa shape index (κ1) is 12.1. The third-order valence-electron chi connectivity index (χ3n) is 2.31. The van der Waals surface area contributed by atoms with Crippen LogP contribution in [0.25, 0.3) is 0 Å². The Labute approximate surface area is 114 Å². The lowest BCUT2D eigenvalue weighted by atomic mass is 10.1. The average molecular weight is 338 g/mol. The van der Waals surface area contributed by atoms with Gasteiger partial charge in [-0.2, -0.15) is 0 Å². The number of Topliss-reactive ketones (excluding diaryl/α,β-unsaturated/α-hetero) is 1. The topological polar surface area (TPSA) is 26.3 Å². The summed E-state index contributed by atoms with van der Waals surface area (Å²) in [5.74, 6) is 1.52. The number of halogens is 1. The summed E-state index contributed by atoms with van der Waals surface area (Å²) in [6.07, 6.45) is 0. The van der Waals surface area contributed by atoms with Gasteiger partial charge in [-0.1, -0.05) is 24.3 Å². The van der Waals surface area contributed by atoms with Crippen molar-refractivity contribution in [3.63, 3.8) is 0 Å². The van der Waals surface area contributed by atoms with E-state index < -0.39 is 0 Å².